The smallest absolute Gasteiger partial charge is 0.398 e. The lowest BCUT2D eigenvalue weighted by Gasteiger charge is -2.31. The quantitative estimate of drug-likeness (QED) is 0.518. The Morgan fingerprint density at radius 1 is 1.22 bits per heavy atom. The molecule has 0 spiro atoms. The second-order valence-corrected chi connectivity index (χ2v) is 7.77. The second kappa shape index (κ2) is 6.15. The van der Waals surface area contributed by atoms with E-state index in [1.165, 1.54) is 12.8 Å². The summed E-state index contributed by atoms with van der Waals surface area (Å²) in [6.07, 6.45) is 5.50. The lowest BCUT2D eigenvalue weighted by Crippen LogP contribution is -2.39. The minimum Gasteiger partial charge on any atom is -0.398 e. The highest BCUT2D eigenvalue weighted by Crippen LogP contribution is 2.40. The minimum atomic E-state index is -0.632. The molecule has 0 bridgehead atoms. The first-order valence-corrected chi connectivity index (χ1v) is 8.82. The molecule has 1 atom stereocenters. The van der Waals surface area contributed by atoms with E-state index in [1.54, 1.807) is 0 Å². The zero-order valence-electron chi connectivity index (χ0n) is 14.4. The molecule has 23 heavy (non-hydrogen) atoms. The molecule has 0 amide bonds. The monoisotopic (exact) mass is 332 g/mol. The summed E-state index contributed by atoms with van der Waals surface area (Å²) in [5.41, 5.74) is 2.66. The number of benzene rings is 1. The first-order valence-electron chi connectivity index (χ1n) is 8.37. The number of imidazole rings is 1. The van der Waals surface area contributed by atoms with Crippen LogP contribution in [0.2, 0.25) is 0 Å². The average Bonchev–Trinajstić information content (AvgIpc) is 2.98. The number of unbranched alkanes of at least 4 members (excludes halogenated alkanes) is 2. The van der Waals surface area contributed by atoms with Crippen molar-refractivity contribution in [1.82, 2.24) is 9.55 Å². The maximum absolute atomic E-state index is 6.17. The molecular weight excluding hydrogens is 307 g/mol. The summed E-state index contributed by atoms with van der Waals surface area (Å²) in [6.45, 7) is 9.16. The Morgan fingerprint density at radius 3 is 2.65 bits per heavy atom. The van der Waals surface area contributed by atoms with Gasteiger partial charge in [-0.2, -0.15) is 0 Å². The number of rotatable bonds is 5. The van der Waals surface area contributed by atoms with Gasteiger partial charge in [-0.15, -0.1) is 12.6 Å². The van der Waals surface area contributed by atoms with Gasteiger partial charge in [0.05, 0.1) is 23.0 Å². The zero-order valence-corrected chi connectivity index (χ0v) is 15.3. The largest absolute Gasteiger partial charge is 0.497 e. The maximum Gasteiger partial charge on any atom is 0.497 e. The molecule has 0 aliphatic carbocycles. The maximum atomic E-state index is 6.17. The van der Waals surface area contributed by atoms with Gasteiger partial charge in [0.1, 0.15) is 4.93 Å². The summed E-state index contributed by atoms with van der Waals surface area (Å²) >= 11 is 4.64. The van der Waals surface area contributed by atoms with Crippen molar-refractivity contribution in [2.75, 3.05) is 0 Å². The van der Waals surface area contributed by atoms with Gasteiger partial charge in [-0.25, -0.2) is 4.98 Å². The van der Waals surface area contributed by atoms with Gasteiger partial charge in [-0.3, -0.25) is 0 Å². The van der Waals surface area contributed by atoms with Gasteiger partial charge in [0.25, 0.3) is 0 Å². The summed E-state index contributed by atoms with van der Waals surface area (Å²) < 4.78 is 14.5. The molecule has 1 aromatic carbocycles. The van der Waals surface area contributed by atoms with Crippen LogP contribution in [0.4, 0.5) is 0 Å². The molecule has 6 heteroatoms. The van der Waals surface area contributed by atoms with Crippen molar-refractivity contribution in [2.24, 2.45) is 0 Å². The standard InChI is InChI=1S/C17H25BN2O2S/c1-5-6-7-11-20-12-19-14-10-8-9-13(15(14)20)18-21-16(2,3)17(4,23)22-18/h8-10,12,23H,5-7,11H2,1-4H3. The zero-order chi connectivity index (χ0) is 16.7. The molecule has 0 radical (unpaired) electrons. The molecule has 0 N–H and O–H groups in total. The van der Waals surface area contributed by atoms with Gasteiger partial charge < -0.3 is 13.9 Å². The van der Waals surface area contributed by atoms with Crippen molar-refractivity contribution >= 4 is 36.2 Å². The van der Waals surface area contributed by atoms with Crippen molar-refractivity contribution < 1.29 is 9.31 Å². The lowest BCUT2D eigenvalue weighted by atomic mass is 9.78. The van der Waals surface area contributed by atoms with Crippen molar-refractivity contribution in [3.63, 3.8) is 0 Å². The molecular formula is C17H25BN2O2S. The fraction of sp³-hybridized carbons (Fsp3) is 0.588. The molecule has 1 aliphatic rings. The Balaban J connectivity index is 1.96. The number of para-hydroxylation sites is 1. The van der Waals surface area contributed by atoms with Gasteiger partial charge in [-0.05, 0) is 33.3 Å². The SMILES string of the molecule is CCCCCn1cnc2cccc(B3OC(C)(C)C(C)(S)O3)c21. The van der Waals surface area contributed by atoms with Crippen molar-refractivity contribution in [2.45, 2.75) is 64.0 Å². The minimum absolute atomic E-state index is 0.419. The Kier molecular flexibility index (Phi) is 4.51. The molecule has 3 rings (SSSR count). The lowest BCUT2D eigenvalue weighted by molar-refractivity contribution is 0.0619. The fourth-order valence-electron chi connectivity index (χ4n) is 2.93. The Hall–Kier alpha value is -0.975. The van der Waals surface area contributed by atoms with Crippen molar-refractivity contribution in [3.8, 4) is 0 Å². The van der Waals surface area contributed by atoms with E-state index in [0.29, 0.717) is 0 Å². The number of hydrogen-bond donors (Lipinski definition) is 1. The van der Waals surface area contributed by atoms with Crippen LogP contribution < -0.4 is 5.46 Å². The fourth-order valence-corrected chi connectivity index (χ4v) is 3.07. The first-order chi connectivity index (χ1) is 10.9. The van der Waals surface area contributed by atoms with Gasteiger partial charge in [-0.1, -0.05) is 31.9 Å². The van der Waals surface area contributed by atoms with Gasteiger partial charge in [0.2, 0.25) is 0 Å². The summed E-state index contributed by atoms with van der Waals surface area (Å²) in [5, 5.41) is 0. The van der Waals surface area contributed by atoms with Gasteiger partial charge in [0.15, 0.2) is 0 Å². The molecule has 2 heterocycles. The van der Waals surface area contributed by atoms with Gasteiger partial charge >= 0.3 is 7.12 Å². The molecule has 1 fully saturated rings. The van der Waals surface area contributed by atoms with Gasteiger partial charge in [0, 0.05) is 12.0 Å². The van der Waals surface area contributed by atoms with Crippen LogP contribution in [-0.4, -0.2) is 27.2 Å². The molecule has 1 saturated heterocycles. The summed E-state index contributed by atoms with van der Waals surface area (Å²) in [5.74, 6) is 0. The number of thiol groups is 1. The third-order valence-corrected chi connectivity index (χ3v) is 5.43. The molecule has 1 aromatic heterocycles. The predicted molar refractivity (Wildman–Crippen MR) is 98.3 cm³/mol. The molecule has 124 valence electrons. The van der Waals surface area contributed by atoms with Crippen LogP contribution in [0.3, 0.4) is 0 Å². The number of hydrogen-bond acceptors (Lipinski definition) is 4. The molecule has 1 aliphatic heterocycles. The van der Waals surface area contributed by atoms with E-state index >= 15 is 0 Å². The van der Waals surface area contributed by atoms with E-state index in [9.17, 15) is 0 Å². The Bertz CT molecular complexity index is 683. The Morgan fingerprint density at radius 2 is 2.00 bits per heavy atom. The topological polar surface area (TPSA) is 36.3 Å². The highest BCUT2D eigenvalue weighted by molar-refractivity contribution is 7.81. The average molecular weight is 332 g/mol. The van der Waals surface area contributed by atoms with Crippen LogP contribution in [-0.2, 0) is 15.9 Å². The highest BCUT2D eigenvalue weighted by atomic mass is 32.1. The van der Waals surface area contributed by atoms with Crippen LogP contribution in [0, 0.1) is 0 Å². The first kappa shape index (κ1) is 16.9. The van der Waals surface area contributed by atoms with Crippen LogP contribution in [0.15, 0.2) is 24.5 Å². The number of fused-ring (bicyclic) bond motifs is 1. The number of aryl methyl sites for hydroxylation is 1. The summed E-state index contributed by atoms with van der Waals surface area (Å²) in [4.78, 5) is 3.90. The molecule has 0 saturated carbocycles. The molecule has 4 nitrogen and oxygen atoms in total. The van der Waals surface area contributed by atoms with Crippen LogP contribution >= 0.6 is 12.6 Å². The van der Waals surface area contributed by atoms with E-state index in [-0.39, 0.29) is 0 Å². The normalized spacial score (nSPS) is 23.8. The van der Waals surface area contributed by atoms with Crippen LogP contribution in [0.25, 0.3) is 11.0 Å². The summed E-state index contributed by atoms with van der Waals surface area (Å²) in [6, 6.07) is 6.11. The van der Waals surface area contributed by atoms with E-state index in [0.717, 1.165) is 29.5 Å². The Labute approximate surface area is 144 Å². The predicted octanol–water partition coefficient (Wildman–Crippen LogP) is 3.39. The third kappa shape index (κ3) is 3.04. The third-order valence-electron chi connectivity index (χ3n) is 4.78. The van der Waals surface area contributed by atoms with E-state index in [4.69, 9.17) is 9.31 Å². The van der Waals surface area contributed by atoms with E-state index in [1.807, 2.05) is 39.2 Å². The van der Waals surface area contributed by atoms with Crippen molar-refractivity contribution in [3.05, 3.63) is 24.5 Å². The highest BCUT2D eigenvalue weighted by Gasteiger charge is 2.53. The van der Waals surface area contributed by atoms with E-state index in [2.05, 4.69) is 35.2 Å². The van der Waals surface area contributed by atoms with Crippen LogP contribution in [0.1, 0.15) is 47.0 Å². The summed E-state index contributed by atoms with van der Waals surface area (Å²) in [7, 11) is -0.419. The molecule has 2 aromatic rings. The van der Waals surface area contributed by atoms with E-state index < -0.39 is 17.7 Å². The second-order valence-electron chi connectivity index (χ2n) is 6.92. The number of nitrogens with zero attached hydrogens (tertiary/aromatic N) is 2. The molecule has 1 unspecified atom stereocenters. The van der Waals surface area contributed by atoms with Crippen LogP contribution in [0.5, 0.6) is 0 Å². The number of aromatic nitrogens is 2. The van der Waals surface area contributed by atoms with Crippen molar-refractivity contribution in [1.29, 1.82) is 0 Å².